The van der Waals surface area contributed by atoms with Crippen molar-refractivity contribution in [2.24, 2.45) is 11.7 Å². The number of carbonyl (C=O) groups excluding carboxylic acids is 7. The zero-order valence-corrected chi connectivity index (χ0v) is 38.9. The maximum atomic E-state index is 14.2. The van der Waals surface area contributed by atoms with E-state index in [1.54, 1.807) is 60.7 Å². The third-order valence-corrected chi connectivity index (χ3v) is 10.7. The number of amides is 7. The summed E-state index contributed by atoms with van der Waals surface area (Å²) in [6.07, 6.45) is 1.50. The fourth-order valence-electron chi connectivity index (χ4n) is 6.59. The fourth-order valence-corrected chi connectivity index (χ4v) is 6.85. The van der Waals surface area contributed by atoms with Crippen molar-refractivity contribution in [2.45, 2.75) is 95.5 Å². The summed E-state index contributed by atoms with van der Waals surface area (Å²) < 4.78 is 1.41. The molecular weight excluding hydrogens is 888 g/mol. The predicted octanol–water partition coefficient (Wildman–Crippen LogP) is 1.58. The molecule has 17 nitrogen and oxygen atoms in total. The van der Waals surface area contributed by atoms with E-state index in [0.29, 0.717) is 28.5 Å². The van der Waals surface area contributed by atoms with Gasteiger partial charge in [0.25, 0.3) is 5.91 Å². The summed E-state index contributed by atoms with van der Waals surface area (Å²) >= 11 is 3.35. The number of hydrogen-bond donors (Lipinski definition) is 9. The fraction of sp³-hybridized carbons (Fsp3) is 0.457. The Hall–Kier alpha value is -5.85. The average molecular weight is 953 g/mol. The number of phenolic OH excluding ortho intramolecular Hbond substituents is 1. The van der Waals surface area contributed by atoms with Crippen LogP contribution in [0.1, 0.15) is 67.9 Å². The largest absolute Gasteiger partial charge is 0.508 e. The number of aromatic hydroxyl groups is 1. The Morgan fingerprint density at radius 3 is 1.67 bits per heavy atom. The lowest BCUT2D eigenvalue weighted by Crippen LogP contribution is -2.60. The quantitative estimate of drug-likeness (QED) is 0.0441. The molecule has 0 saturated heterocycles. The Balaban J connectivity index is 1.85. The number of nitrogens with zero attached hydrogens (tertiary/aromatic N) is 1. The van der Waals surface area contributed by atoms with Gasteiger partial charge in [-0.2, -0.15) is 0 Å². The van der Waals surface area contributed by atoms with Gasteiger partial charge < -0.3 is 52.3 Å². The number of nitrogens with one attached hydrogen (secondary N) is 6. The standard InChI is InChI=1S/C46H63BrN8O9/c1-28(2)24-36(40(48)58)51-46(64)39(27-56)54-43(61)35(14-10-11-23-55(4,5)6)50-45(63)38(26-31-15-21-34(57)22-16-31)52-41(59)29(3)49-44(62)37(25-30-12-8-7-9-13-30)53-42(60)32-17-19-33(47)20-18-32/h7-9,12-13,15-22,28-29,35-39,56H,10-11,14,23-27H2,1-6H3,(H8-,48,49,50,51,52,53,54,57,58,59,60,61,62,63,64)/p+1/t29-,35-,36-,37-,38-,39-/m0/s1. The SMILES string of the molecule is CC(C)C[C@H](NC(=O)[C@H](CO)NC(=O)[C@H](CCCC[N+](C)(C)C)NC(=O)[C@H](Cc1ccc(O)cc1)NC(=O)[C@H](C)NC(=O)[C@H](Cc1ccccc1)NC(=O)c1ccc(Br)cc1)C(N)=O. The number of hydrogen-bond acceptors (Lipinski definition) is 9. The molecular formula is C46H64BrN8O9+. The highest BCUT2D eigenvalue weighted by molar-refractivity contribution is 9.10. The van der Waals surface area contributed by atoms with Crippen LogP contribution >= 0.6 is 15.9 Å². The van der Waals surface area contributed by atoms with Crippen LogP contribution in [-0.2, 0) is 41.6 Å². The number of benzene rings is 3. The molecule has 348 valence electrons. The van der Waals surface area contributed by atoms with Gasteiger partial charge in [0, 0.05) is 22.9 Å². The average Bonchev–Trinajstić information content (AvgIpc) is 3.23. The van der Waals surface area contributed by atoms with Crippen molar-refractivity contribution in [3.8, 4) is 5.75 Å². The van der Waals surface area contributed by atoms with Crippen molar-refractivity contribution in [3.05, 3.63) is 100 Å². The van der Waals surface area contributed by atoms with E-state index in [-0.39, 0.29) is 37.4 Å². The minimum atomic E-state index is -1.49. The summed E-state index contributed by atoms with van der Waals surface area (Å²) in [4.78, 5) is 94.2. The molecule has 3 aromatic carbocycles. The second-order valence-electron chi connectivity index (χ2n) is 17.3. The minimum absolute atomic E-state index is 0.00658. The molecule has 3 aromatic rings. The summed E-state index contributed by atoms with van der Waals surface area (Å²) in [5.41, 5.74) is 7.11. The van der Waals surface area contributed by atoms with Crippen LogP contribution in [0.4, 0.5) is 0 Å². The number of phenols is 1. The monoisotopic (exact) mass is 951 g/mol. The second-order valence-corrected chi connectivity index (χ2v) is 18.2. The number of unbranched alkanes of at least 4 members (excludes halogenated alkanes) is 1. The van der Waals surface area contributed by atoms with Crippen molar-refractivity contribution < 1.29 is 48.3 Å². The molecule has 0 heterocycles. The van der Waals surface area contributed by atoms with Crippen molar-refractivity contribution in [3.63, 3.8) is 0 Å². The van der Waals surface area contributed by atoms with E-state index in [1.807, 2.05) is 41.1 Å². The van der Waals surface area contributed by atoms with Crippen LogP contribution in [0.2, 0.25) is 0 Å². The van der Waals surface area contributed by atoms with Gasteiger partial charge in [-0.3, -0.25) is 33.6 Å². The summed E-state index contributed by atoms with van der Waals surface area (Å²) in [6.45, 7) is 5.02. The van der Waals surface area contributed by atoms with E-state index in [9.17, 15) is 43.8 Å². The van der Waals surface area contributed by atoms with E-state index in [0.717, 1.165) is 16.6 Å². The molecule has 3 rings (SSSR count). The summed E-state index contributed by atoms with van der Waals surface area (Å²) in [5.74, 6) is -5.14. The lowest BCUT2D eigenvalue weighted by atomic mass is 10.0. The minimum Gasteiger partial charge on any atom is -0.508 e. The van der Waals surface area contributed by atoms with E-state index >= 15 is 0 Å². The number of primary amides is 1. The van der Waals surface area contributed by atoms with E-state index in [2.05, 4.69) is 47.8 Å². The van der Waals surface area contributed by atoms with Gasteiger partial charge in [-0.1, -0.05) is 72.2 Å². The first-order chi connectivity index (χ1) is 30.1. The first kappa shape index (κ1) is 52.5. The van der Waals surface area contributed by atoms with Gasteiger partial charge >= 0.3 is 0 Å². The van der Waals surface area contributed by atoms with Crippen molar-refractivity contribution >= 4 is 57.3 Å². The normalized spacial score (nSPS) is 14.1. The lowest BCUT2D eigenvalue weighted by Gasteiger charge is -2.27. The molecule has 64 heavy (non-hydrogen) atoms. The molecule has 0 aliphatic rings. The van der Waals surface area contributed by atoms with Gasteiger partial charge in [-0.05, 0) is 86.1 Å². The number of carbonyl (C=O) groups is 7. The van der Waals surface area contributed by atoms with Crippen LogP contribution in [0.15, 0.2) is 83.3 Å². The third kappa shape index (κ3) is 18.5. The Kier molecular flexibility index (Phi) is 20.9. The van der Waals surface area contributed by atoms with Gasteiger partial charge in [-0.25, -0.2) is 0 Å². The summed E-state index contributed by atoms with van der Waals surface area (Å²) in [7, 11) is 6.04. The van der Waals surface area contributed by atoms with Gasteiger partial charge in [-0.15, -0.1) is 0 Å². The van der Waals surface area contributed by atoms with Crippen LogP contribution in [-0.4, -0.2) is 127 Å². The predicted molar refractivity (Wildman–Crippen MR) is 245 cm³/mol. The van der Waals surface area contributed by atoms with Crippen LogP contribution in [0.3, 0.4) is 0 Å². The van der Waals surface area contributed by atoms with Gasteiger partial charge in [0.1, 0.15) is 42.0 Å². The molecule has 7 amide bonds. The molecule has 0 bridgehead atoms. The molecule has 0 fully saturated rings. The van der Waals surface area contributed by atoms with Crippen LogP contribution < -0.4 is 37.6 Å². The van der Waals surface area contributed by atoms with Gasteiger partial charge in [0.15, 0.2) is 0 Å². The number of halogens is 1. The van der Waals surface area contributed by atoms with E-state index in [4.69, 9.17) is 5.73 Å². The lowest BCUT2D eigenvalue weighted by molar-refractivity contribution is -0.870. The number of aliphatic hydroxyl groups excluding tert-OH is 1. The Morgan fingerprint density at radius 2 is 1.11 bits per heavy atom. The van der Waals surface area contributed by atoms with Crippen molar-refractivity contribution in [2.75, 3.05) is 34.3 Å². The topological polar surface area (TPSA) is 258 Å². The highest BCUT2D eigenvalue weighted by Gasteiger charge is 2.33. The van der Waals surface area contributed by atoms with Crippen LogP contribution in [0.5, 0.6) is 5.75 Å². The number of quaternary nitrogens is 1. The molecule has 6 atom stereocenters. The molecule has 0 unspecified atom stereocenters. The molecule has 0 aliphatic carbocycles. The Labute approximate surface area is 383 Å². The smallest absolute Gasteiger partial charge is 0.251 e. The molecule has 0 saturated carbocycles. The maximum absolute atomic E-state index is 14.2. The van der Waals surface area contributed by atoms with E-state index in [1.165, 1.54) is 19.1 Å². The zero-order valence-electron chi connectivity index (χ0n) is 37.4. The van der Waals surface area contributed by atoms with Crippen LogP contribution in [0.25, 0.3) is 0 Å². The van der Waals surface area contributed by atoms with Crippen molar-refractivity contribution in [1.29, 1.82) is 0 Å². The van der Waals surface area contributed by atoms with Crippen LogP contribution in [0, 0.1) is 5.92 Å². The molecule has 18 heteroatoms. The first-order valence-corrected chi connectivity index (χ1v) is 22.1. The molecule has 0 spiro atoms. The molecule has 0 radical (unpaired) electrons. The van der Waals surface area contributed by atoms with Gasteiger partial charge in [0.05, 0.1) is 34.3 Å². The Morgan fingerprint density at radius 1 is 0.609 bits per heavy atom. The number of rotatable bonds is 25. The third-order valence-electron chi connectivity index (χ3n) is 10.2. The molecule has 0 aromatic heterocycles. The second kappa shape index (κ2) is 25.4. The summed E-state index contributed by atoms with van der Waals surface area (Å²) in [5, 5.41) is 35.9. The molecule has 10 N–H and O–H groups in total. The van der Waals surface area contributed by atoms with Gasteiger partial charge in [0.2, 0.25) is 35.4 Å². The van der Waals surface area contributed by atoms with E-state index < -0.39 is 84.2 Å². The first-order valence-electron chi connectivity index (χ1n) is 21.3. The maximum Gasteiger partial charge on any atom is 0.251 e. The Bertz CT molecular complexity index is 2030. The zero-order chi connectivity index (χ0) is 47.6. The summed E-state index contributed by atoms with van der Waals surface area (Å²) in [6, 6.07) is 14.2. The number of nitrogens with two attached hydrogens (primary N) is 1. The molecule has 0 aliphatic heterocycles. The highest BCUT2D eigenvalue weighted by atomic mass is 79.9. The highest BCUT2D eigenvalue weighted by Crippen LogP contribution is 2.14. The van der Waals surface area contributed by atoms with Crippen molar-refractivity contribution in [1.82, 2.24) is 31.9 Å². The number of aliphatic hydroxyl groups is 1.